The Morgan fingerprint density at radius 2 is 1.91 bits per heavy atom. The first kappa shape index (κ1) is 8.34. The van der Waals surface area contributed by atoms with Crippen molar-refractivity contribution in [2.75, 3.05) is 26.3 Å². The topological polar surface area (TPSA) is 12.5 Å². The minimum Gasteiger partial charge on any atom is -0.378 e. The van der Waals surface area contributed by atoms with Crippen molar-refractivity contribution in [3.8, 4) is 0 Å². The number of rotatable bonds is 2. The summed E-state index contributed by atoms with van der Waals surface area (Å²) < 4.78 is 5.21. The molecule has 0 amide bonds. The molecule has 0 saturated carbocycles. The Morgan fingerprint density at radius 1 is 1.18 bits per heavy atom. The minimum atomic E-state index is 0.861. The summed E-state index contributed by atoms with van der Waals surface area (Å²) in [5.41, 5.74) is 0. The molecule has 11 heavy (non-hydrogen) atoms. The molecule has 62 valence electrons. The van der Waals surface area contributed by atoms with Gasteiger partial charge in [-0.3, -0.25) is 0 Å². The minimum absolute atomic E-state index is 0.861. The van der Waals surface area contributed by atoms with Crippen molar-refractivity contribution in [2.45, 2.75) is 6.92 Å². The maximum Gasteiger partial charge on any atom is 0.0642 e. The second-order valence-corrected chi connectivity index (χ2v) is 2.52. The maximum absolute atomic E-state index is 5.21. The van der Waals surface area contributed by atoms with Crippen LogP contribution in [0.5, 0.6) is 0 Å². The van der Waals surface area contributed by atoms with Crippen LogP contribution in [0, 0.1) is 0 Å². The fraction of sp³-hybridized carbons (Fsp3) is 0.556. The second kappa shape index (κ2) is 4.97. The zero-order valence-electron chi connectivity index (χ0n) is 6.99. The highest BCUT2D eigenvalue weighted by atomic mass is 16.5. The molecule has 0 spiro atoms. The number of ether oxygens (including phenoxy) is 1. The third-order valence-corrected chi connectivity index (χ3v) is 1.65. The van der Waals surface area contributed by atoms with Gasteiger partial charge in [-0.25, -0.2) is 0 Å². The first-order chi connectivity index (χ1) is 5.43. The van der Waals surface area contributed by atoms with E-state index in [1.54, 1.807) is 0 Å². The standard InChI is InChI=1S/C9H15NO/c1-2-3-4-5-10-6-8-11-9-7-10/h2-5H,6-9H2,1H3/b3-2+,5-4+. The van der Waals surface area contributed by atoms with Gasteiger partial charge < -0.3 is 9.64 Å². The Morgan fingerprint density at radius 3 is 2.55 bits per heavy atom. The molecular formula is C9H15NO. The quantitative estimate of drug-likeness (QED) is 0.556. The summed E-state index contributed by atoms with van der Waals surface area (Å²) in [6.45, 7) is 5.78. The molecule has 1 aliphatic heterocycles. The number of allylic oxidation sites excluding steroid dienone is 3. The highest BCUT2D eigenvalue weighted by Crippen LogP contribution is 1.96. The Hall–Kier alpha value is -0.760. The zero-order chi connectivity index (χ0) is 7.94. The monoisotopic (exact) mass is 153 g/mol. The average molecular weight is 153 g/mol. The lowest BCUT2D eigenvalue weighted by molar-refractivity contribution is 0.0594. The maximum atomic E-state index is 5.21. The van der Waals surface area contributed by atoms with E-state index in [1.165, 1.54) is 0 Å². The van der Waals surface area contributed by atoms with E-state index in [0.29, 0.717) is 0 Å². The fourth-order valence-corrected chi connectivity index (χ4v) is 1.01. The smallest absolute Gasteiger partial charge is 0.0642 e. The predicted octanol–water partition coefficient (Wildman–Crippen LogP) is 1.41. The van der Waals surface area contributed by atoms with E-state index in [0.717, 1.165) is 26.3 Å². The molecule has 1 saturated heterocycles. The molecule has 1 aliphatic rings. The molecule has 1 fully saturated rings. The Balaban J connectivity index is 2.23. The lowest BCUT2D eigenvalue weighted by atomic mass is 10.4. The summed E-state index contributed by atoms with van der Waals surface area (Å²) >= 11 is 0. The van der Waals surface area contributed by atoms with Crippen molar-refractivity contribution in [3.63, 3.8) is 0 Å². The summed E-state index contributed by atoms with van der Waals surface area (Å²) in [5.74, 6) is 0. The van der Waals surface area contributed by atoms with Gasteiger partial charge in [-0.1, -0.05) is 12.2 Å². The molecule has 0 bridgehead atoms. The van der Waals surface area contributed by atoms with Gasteiger partial charge in [0.05, 0.1) is 13.2 Å². The van der Waals surface area contributed by atoms with E-state index in [-0.39, 0.29) is 0 Å². The van der Waals surface area contributed by atoms with Gasteiger partial charge in [0.15, 0.2) is 0 Å². The normalized spacial score (nSPS) is 20.3. The fourth-order valence-electron chi connectivity index (χ4n) is 1.01. The van der Waals surface area contributed by atoms with Crippen LogP contribution in [0.3, 0.4) is 0 Å². The van der Waals surface area contributed by atoms with Crippen LogP contribution in [0.4, 0.5) is 0 Å². The molecule has 0 radical (unpaired) electrons. The van der Waals surface area contributed by atoms with E-state index in [2.05, 4.69) is 17.2 Å². The molecule has 1 rings (SSSR count). The van der Waals surface area contributed by atoms with Crippen molar-refractivity contribution >= 4 is 0 Å². The van der Waals surface area contributed by atoms with Crippen LogP contribution >= 0.6 is 0 Å². The summed E-state index contributed by atoms with van der Waals surface area (Å²) in [6, 6.07) is 0. The lowest BCUT2D eigenvalue weighted by Gasteiger charge is -2.24. The molecule has 2 nitrogen and oxygen atoms in total. The third kappa shape index (κ3) is 3.23. The van der Waals surface area contributed by atoms with Gasteiger partial charge in [-0.2, -0.15) is 0 Å². The van der Waals surface area contributed by atoms with Crippen LogP contribution in [-0.4, -0.2) is 31.2 Å². The Kier molecular flexibility index (Phi) is 3.76. The van der Waals surface area contributed by atoms with Crippen LogP contribution in [0.15, 0.2) is 24.4 Å². The SMILES string of the molecule is C/C=C/C=C/N1CCOCC1. The number of hydrogen-bond acceptors (Lipinski definition) is 2. The van der Waals surface area contributed by atoms with E-state index in [4.69, 9.17) is 4.74 Å². The average Bonchev–Trinajstić information content (AvgIpc) is 2.07. The molecule has 0 unspecified atom stereocenters. The van der Waals surface area contributed by atoms with Crippen molar-refractivity contribution in [2.24, 2.45) is 0 Å². The van der Waals surface area contributed by atoms with Gasteiger partial charge in [-0.05, 0) is 19.2 Å². The van der Waals surface area contributed by atoms with Gasteiger partial charge in [-0.15, -0.1) is 0 Å². The Bertz CT molecular complexity index is 146. The molecule has 0 aromatic rings. The van der Waals surface area contributed by atoms with Gasteiger partial charge in [0.2, 0.25) is 0 Å². The zero-order valence-corrected chi connectivity index (χ0v) is 6.99. The van der Waals surface area contributed by atoms with Gasteiger partial charge in [0, 0.05) is 13.1 Å². The second-order valence-electron chi connectivity index (χ2n) is 2.52. The summed E-state index contributed by atoms with van der Waals surface area (Å²) in [7, 11) is 0. The van der Waals surface area contributed by atoms with E-state index >= 15 is 0 Å². The highest BCUT2D eigenvalue weighted by Gasteiger charge is 2.03. The molecule has 0 N–H and O–H groups in total. The molecular weight excluding hydrogens is 138 g/mol. The predicted molar refractivity (Wildman–Crippen MR) is 46.3 cm³/mol. The van der Waals surface area contributed by atoms with Crippen molar-refractivity contribution in [1.82, 2.24) is 4.90 Å². The van der Waals surface area contributed by atoms with Crippen molar-refractivity contribution in [1.29, 1.82) is 0 Å². The van der Waals surface area contributed by atoms with Crippen LogP contribution in [0.2, 0.25) is 0 Å². The molecule has 0 aromatic carbocycles. The first-order valence-corrected chi connectivity index (χ1v) is 4.05. The van der Waals surface area contributed by atoms with Crippen LogP contribution in [0.1, 0.15) is 6.92 Å². The van der Waals surface area contributed by atoms with E-state index < -0.39 is 0 Å². The summed E-state index contributed by atoms with van der Waals surface area (Å²) in [6.07, 6.45) is 8.24. The van der Waals surface area contributed by atoms with Crippen molar-refractivity contribution in [3.05, 3.63) is 24.4 Å². The van der Waals surface area contributed by atoms with E-state index in [9.17, 15) is 0 Å². The van der Waals surface area contributed by atoms with Crippen molar-refractivity contribution < 1.29 is 4.74 Å². The Labute approximate surface area is 68.1 Å². The lowest BCUT2D eigenvalue weighted by Crippen LogP contribution is -2.31. The number of morpholine rings is 1. The molecule has 0 aromatic heterocycles. The molecule has 2 heteroatoms. The third-order valence-electron chi connectivity index (χ3n) is 1.65. The van der Waals surface area contributed by atoms with Gasteiger partial charge in [0.1, 0.15) is 0 Å². The van der Waals surface area contributed by atoms with Crippen LogP contribution in [-0.2, 0) is 4.74 Å². The largest absolute Gasteiger partial charge is 0.378 e. The number of nitrogens with zero attached hydrogens (tertiary/aromatic N) is 1. The number of hydrogen-bond donors (Lipinski definition) is 0. The van der Waals surface area contributed by atoms with Gasteiger partial charge >= 0.3 is 0 Å². The molecule has 1 heterocycles. The molecule has 0 aliphatic carbocycles. The summed E-state index contributed by atoms with van der Waals surface area (Å²) in [4.78, 5) is 2.27. The summed E-state index contributed by atoms with van der Waals surface area (Å²) in [5, 5.41) is 0. The van der Waals surface area contributed by atoms with E-state index in [1.807, 2.05) is 19.1 Å². The highest BCUT2D eigenvalue weighted by molar-refractivity contribution is 5.00. The van der Waals surface area contributed by atoms with Gasteiger partial charge in [0.25, 0.3) is 0 Å². The molecule has 0 atom stereocenters. The first-order valence-electron chi connectivity index (χ1n) is 4.05. The van der Waals surface area contributed by atoms with Crippen LogP contribution in [0.25, 0.3) is 0 Å². The van der Waals surface area contributed by atoms with Crippen LogP contribution < -0.4 is 0 Å².